The molecule has 1 aliphatic heterocycles. The van der Waals surface area contributed by atoms with Gasteiger partial charge in [-0.15, -0.1) is 0 Å². The molecule has 0 saturated carbocycles. The van der Waals surface area contributed by atoms with Crippen molar-refractivity contribution in [2.45, 2.75) is 18.9 Å². The van der Waals surface area contributed by atoms with Crippen LogP contribution < -0.4 is 16.3 Å². The lowest BCUT2D eigenvalue weighted by Crippen LogP contribution is -2.37. The molecule has 160 valence electrons. The molecule has 1 atom stereocenters. The fourth-order valence-corrected chi connectivity index (χ4v) is 3.65. The molecule has 8 nitrogen and oxygen atoms in total. The maximum Gasteiger partial charge on any atom is 0.351 e. The lowest BCUT2D eigenvalue weighted by Gasteiger charge is -2.31. The normalized spacial score (nSPS) is 15.7. The van der Waals surface area contributed by atoms with Crippen LogP contribution >= 0.6 is 0 Å². The molecule has 0 radical (unpaired) electrons. The summed E-state index contributed by atoms with van der Waals surface area (Å²) in [7, 11) is 1.72. The second kappa shape index (κ2) is 8.23. The first kappa shape index (κ1) is 20.6. The van der Waals surface area contributed by atoms with Gasteiger partial charge in [0, 0.05) is 24.9 Å². The van der Waals surface area contributed by atoms with Crippen LogP contribution in [0, 0.1) is 0 Å². The second-order valence-electron chi connectivity index (χ2n) is 7.21. The first-order chi connectivity index (χ1) is 14.9. The quantitative estimate of drug-likeness (QED) is 0.671. The number of anilines is 1. The van der Waals surface area contributed by atoms with E-state index >= 15 is 0 Å². The number of carbonyl (C=O) groups excluding carboxylic acids is 1. The minimum Gasteiger partial charge on any atom is -0.327 e. The van der Waals surface area contributed by atoms with Crippen LogP contribution in [-0.4, -0.2) is 38.8 Å². The van der Waals surface area contributed by atoms with Crippen molar-refractivity contribution in [2.24, 2.45) is 5.73 Å². The van der Waals surface area contributed by atoms with Crippen molar-refractivity contribution in [1.29, 1.82) is 0 Å². The molecule has 0 spiro atoms. The standard InChI is InChI=1S/C21H20F2N6O2/c1-27-17-7-3-2-5-13(17)9-15(20(27)30)16-6-4-8-18(26-16)28-12-25-29(21(28)31)11-14(10-24)19(22)23/h2-8,12,15H,9-11,24H2,1H3. The maximum atomic E-state index is 12.9. The van der Waals surface area contributed by atoms with Gasteiger partial charge in [0.05, 0.1) is 18.2 Å². The third kappa shape index (κ3) is 3.77. The highest BCUT2D eigenvalue weighted by atomic mass is 19.3. The van der Waals surface area contributed by atoms with Gasteiger partial charge in [0.15, 0.2) is 0 Å². The SMILES string of the molecule is CN1C(=O)C(c2cccc(-n3cnn(CC(CN)=C(F)F)c3=O)n2)Cc2ccccc21. The Bertz CT molecular complexity index is 1230. The molecule has 2 N–H and O–H groups in total. The van der Waals surface area contributed by atoms with E-state index in [1.165, 1.54) is 6.33 Å². The number of amides is 1. The molecule has 1 amide bonds. The minimum atomic E-state index is -1.93. The van der Waals surface area contributed by atoms with Crippen molar-refractivity contribution in [3.63, 3.8) is 0 Å². The Labute approximate surface area is 176 Å². The predicted molar refractivity (Wildman–Crippen MR) is 110 cm³/mol. The van der Waals surface area contributed by atoms with Gasteiger partial charge in [-0.2, -0.15) is 13.9 Å². The third-order valence-corrected chi connectivity index (χ3v) is 5.35. The largest absolute Gasteiger partial charge is 0.351 e. The van der Waals surface area contributed by atoms with Gasteiger partial charge >= 0.3 is 5.69 Å². The number of likely N-dealkylation sites (N-methyl/N-ethyl adjacent to an activating group) is 1. The first-order valence-electron chi connectivity index (χ1n) is 9.61. The zero-order valence-corrected chi connectivity index (χ0v) is 16.7. The molecule has 31 heavy (non-hydrogen) atoms. The third-order valence-electron chi connectivity index (χ3n) is 5.35. The highest BCUT2D eigenvalue weighted by molar-refractivity contribution is 6.00. The van der Waals surface area contributed by atoms with Gasteiger partial charge in [-0.3, -0.25) is 4.79 Å². The number of aromatic nitrogens is 4. The Kier molecular flexibility index (Phi) is 5.47. The smallest absolute Gasteiger partial charge is 0.327 e. The summed E-state index contributed by atoms with van der Waals surface area (Å²) in [6.45, 7) is -0.790. The topological polar surface area (TPSA) is 99.0 Å². The lowest BCUT2D eigenvalue weighted by atomic mass is 9.89. The van der Waals surface area contributed by atoms with E-state index in [0.29, 0.717) is 12.1 Å². The van der Waals surface area contributed by atoms with E-state index in [1.54, 1.807) is 30.1 Å². The zero-order valence-electron chi connectivity index (χ0n) is 16.7. The van der Waals surface area contributed by atoms with Gasteiger partial charge in [-0.25, -0.2) is 19.0 Å². The molecule has 1 aliphatic rings. The molecule has 0 saturated heterocycles. The Morgan fingerprint density at radius 2 is 1.94 bits per heavy atom. The number of rotatable bonds is 5. The molecular formula is C21H20F2N6O2. The number of nitrogens with zero attached hydrogens (tertiary/aromatic N) is 5. The van der Waals surface area contributed by atoms with E-state index in [9.17, 15) is 18.4 Å². The zero-order chi connectivity index (χ0) is 22.1. The minimum absolute atomic E-state index is 0.0949. The van der Waals surface area contributed by atoms with Crippen LogP contribution in [0.5, 0.6) is 0 Å². The fraction of sp³-hybridized carbons (Fsp3) is 0.238. The van der Waals surface area contributed by atoms with Crippen molar-refractivity contribution in [3.8, 4) is 5.82 Å². The number of pyridine rings is 1. The monoisotopic (exact) mass is 426 g/mol. The first-order valence-corrected chi connectivity index (χ1v) is 9.61. The number of carbonyl (C=O) groups is 1. The van der Waals surface area contributed by atoms with E-state index < -0.39 is 24.2 Å². The van der Waals surface area contributed by atoms with Crippen LogP contribution in [0.25, 0.3) is 5.82 Å². The lowest BCUT2D eigenvalue weighted by molar-refractivity contribution is -0.120. The molecule has 3 aromatic rings. The molecule has 1 aromatic carbocycles. The van der Waals surface area contributed by atoms with Crippen LogP contribution in [0.1, 0.15) is 17.2 Å². The summed E-state index contributed by atoms with van der Waals surface area (Å²) in [4.78, 5) is 31.7. The summed E-state index contributed by atoms with van der Waals surface area (Å²) in [5.41, 5.74) is 6.72. The van der Waals surface area contributed by atoms with E-state index in [4.69, 9.17) is 5.73 Å². The number of fused-ring (bicyclic) bond motifs is 1. The summed E-state index contributed by atoms with van der Waals surface area (Å²) in [5, 5.41) is 3.89. The van der Waals surface area contributed by atoms with Gasteiger partial charge in [0.25, 0.3) is 6.08 Å². The highest BCUT2D eigenvalue weighted by Crippen LogP contribution is 2.34. The van der Waals surface area contributed by atoms with Crippen LogP contribution in [0.4, 0.5) is 14.5 Å². The Balaban J connectivity index is 1.67. The van der Waals surface area contributed by atoms with Gasteiger partial charge in [-0.05, 0) is 30.2 Å². The van der Waals surface area contributed by atoms with E-state index in [2.05, 4.69) is 10.1 Å². The van der Waals surface area contributed by atoms with Crippen LogP contribution in [0.2, 0.25) is 0 Å². The molecule has 3 heterocycles. The van der Waals surface area contributed by atoms with Gasteiger partial charge < -0.3 is 10.6 Å². The van der Waals surface area contributed by atoms with E-state index in [1.807, 2.05) is 24.3 Å². The summed E-state index contributed by atoms with van der Waals surface area (Å²) < 4.78 is 27.8. The molecule has 0 fully saturated rings. The molecule has 0 bridgehead atoms. The maximum absolute atomic E-state index is 12.9. The van der Waals surface area contributed by atoms with Crippen LogP contribution in [-0.2, 0) is 17.8 Å². The molecule has 2 aromatic heterocycles. The number of benzene rings is 1. The summed E-state index contributed by atoms with van der Waals surface area (Å²) in [6.07, 6.45) is -0.225. The van der Waals surface area contributed by atoms with E-state index in [-0.39, 0.29) is 23.8 Å². The van der Waals surface area contributed by atoms with E-state index in [0.717, 1.165) is 20.5 Å². The second-order valence-corrected chi connectivity index (χ2v) is 7.21. The number of hydrogen-bond acceptors (Lipinski definition) is 5. The molecular weight excluding hydrogens is 406 g/mol. The summed E-state index contributed by atoms with van der Waals surface area (Å²) in [6, 6.07) is 12.7. The van der Waals surface area contributed by atoms with Gasteiger partial charge in [-0.1, -0.05) is 24.3 Å². The average Bonchev–Trinajstić information content (AvgIpc) is 3.14. The van der Waals surface area contributed by atoms with Crippen LogP contribution in [0.15, 0.2) is 65.2 Å². The highest BCUT2D eigenvalue weighted by Gasteiger charge is 2.32. The fourth-order valence-electron chi connectivity index (χ4n) is 3.65. The molecule has 10 heteroatoms. The number of para-hydroxylation sites is 1. The Hall–Kier alpha value is -3.66. The summed E-state index contributed by atoms with van der Waals surface area (Å²) in [5.74, 6) is -0.345. The van der Waals surface area contributed by atoms with Crippen molar-refractivity contribution in [1.82, 2.24) is 19.3 Å². The number of hydrogen-bond donors (Lipinski definition) is 1. The average molecular weight is 426 g/mol. The predicted octanol–water partition coefficient (Wildman–Crippen LogP) is 1.84. The van der Waals surface area contributed by atoms with Crippen molar-refractivity contribution in [2.75, 3.05) is 18.5 Å². The number of nitrogens with two attached hydrogens (primary N) is 1. The van der Waals surface area contributed by atoms with Crippen molar-refractivity contribution in [3.05, 3.63) is 82.2 Å². The van der Waals surface area contributed by atoms with Crippen LogP contribution in [0.3, 0.4) is 0 Å². The number of halogens is 2. The Morgan fingerprint density at radius 1 is 1.16 bits per heavy atom. The van der Waals surface area contributed by atoms with Crippen molar-refractivity contribution < 1.29 is 13.6 Å². The van der Waals surface area contributed by atoms with Gasteiger partial charge in [0.2, 0.25) is 5.91 Å². The Morgan fingerprint density at radius 3 is 2.68 bits per heavy atom. The molecule has 4 rings (SSSR count). The molecule has 1 unspecified atom stereocenters. The van der Waals surface area contributed by atoms with Crippen molar-refractivity contribution >= 4 is 11.6 Å². The van der Waals surface area contributed by atoms with Gasteiger partial charge in [0.1, 0.15) is 12.1 Å². The molecule has 0 aliphatic carbocycles. The summed E-state index contributed by atoms with van der Waals surface area (Å²) >= 11 is 0.